The van der Waals surface area contributed by atoms with E-state index >= 15 is 0 Å². The number of anilines is 1. The van der Waals surface area contributed by atoms with Crippen molar-refractivity contribution in [2.24, 2.45) is 0 Å². The molecule has 0 fully saturated rings. The molecule has 5 heteroatoms. The Morgan fingerprint density at radius 2 is 1.89 bits per heavy atom. The van der Waals surface area contributed by atoms with Gasteiger partial charge in [0, 0.05) is 17.5 Å². The van der Waals surface area contributed by atoms with Gasteiger partial charge in [-0.15, -0.1) is 0 Å². The lowest BCUT2D eigenvalue weighted by atomic mass is 10.2. The van der Waals surface area contributed by atoms with E-state index in [1.165, 1.54) is 10.5 Å². The van der Waals surface area contributed by atoms with Crippen molar-refractivity contribution in [1.29, 1.82) is 0 Å². The van der Waals surface area contributed by atoms with Crippen LogP contribution >= 0.6 is 23.5 Å². The molecule has 1 aromatic heterocycles. The van der Waals surface area contributed by atoms with Crippen LogP contribution in [0.25, 0.3) is 0 Å². The molecule has 0 saturated heterocycles. The van der Waals surface area contributed by atoms with E-state index in [2.05, 4.69) is 53.4 Å². The van der Waals surface area contributed by atoms with Crippen LogP contribution in [0.4, 0.5) is 5.82 Å². The van der Waals surface area contributed by atoms with Crippen molar-refractivity contribution in [3.63, 3.8) is 0 Å². The van der Waals surface area contributed by atoms with Crippen molar-refractivity contribution in [1.82, 2.24) is 9.97 Å². The maximum atomic E-state index is 4.53. The van der Waals surface area contributed by atoms with Crippen molar-refractivity contribution in [2.75, 3.05) is 18.1 Å². The monoisotopic (exact) mass is 291 g/mol. The molecule has 3 nitrogen and oxygen atoms in total. The molecule has 1 heterocycles. The summed E-state index contributed by atoms with van der Waals surface area (Å²) in [5.41, 5.74) is 1.27. The van der Waals surface area contributed by atoms with Crippen molar-refractivity contribution in [3.05, 3.63) is 35.9 Å². The molecular weight excluding hydrogens is 274 g/mol. The van der Waals surface area contributed by atoms with Crippen LogP contribution in [0, 0.1) is 6.92 Å². The summed E-state index contributed by atoms with van der Waals surface area (Å²) in [4.78, 5) is 10.1. The van der Waals surface area contributed by atoms with Crippen LogP contribution in [0.3, 0.4) is 0 Å². The van der Waals surface area contributed by atoms with E-state index in [0.717, 1.165) is 22.5 Å². The number of nitrogens with zero attached hydrogens (tertiary/aromatic N) is 2. The first kappa shape index (κ1) is 14.2. The second-order valence-corrected chi connectivity index (χ2v) is 5.89. The molecular formula is C14H17N3S2. The molecule has 0 aliphatic carbocycles. The van der Waals surface area contributed by atoms with Crippen LogP contribution in [0.15, 0.2) is 45.4 Å². The molecule has 0 saturated carbocycles. The van der Waals surface area contributed by atoms with Crippen molar-refractivity contribution in [2.45, 2.75) is 28.9 Å². The standard InChI is InChI=1S/C14H17N3S2/c1-4-15-12-9-13(17-14(16-12)18-3)19-11-7-5-10(2)6-8-11/h5-9H,4H2,1-3H3,(H,15,16,17). The van der Waals surface area contributed by atoms with Crippen molar-refractivity contribution >= 4 is 29.3 Å². The molecule has 0 aliphatic rings. The number of hydrogen-bond donors (Lipinski definition) is 1. The largest absolute Gasteiger partial charge is 0.370 e. The predicted octanol–water partition coefficient (Wildman–Crippen LogP) is 4.09. The number of thioether (sulfide) groups is 1. The average molecular weight is 291 g/mol. The van der Waals surface area contributed by atoms with Crippen LogP contribution in [-0.4, -0.2) is 22.8 Å². The molecule has 0 aliphatic heterocycles. The first-order valence-electron chi connectivity index (χ1n) is 6.12. The second-order valence-electron chi connectivity index (χ2n) is 4.02. The highest BCUT2D eigenvalue weighted by molar-refractivity contribution is 7.99. The van der Waals surface area contributed by atoms with Gasteiger partial charge in [-0.1, -0.05) is 41.2 Å². The molecule has 0 unspecified atom stereocenters. The molecule has 0 radical (unpaired) electrons. The molecule has 0 amide bonds. The normalized spacial score (nSPS) is 10.5. The lowest BCUT2D eigenvalue weighted by Crippen LogP contribution is -2.01. The van der Waals surface area contributed by atoms with Gasteiger partial charge in [-0.25, -0.2) is 9.97 Å². The Balaban J connectivity index is 2.23. The Hall–Kier alpha value is -1.20. The predicted molar refractivity (Wildman–Crippen MR) is 83.3 cm³/mol. The van der Waals surface area contributed by atoms with E-state index in [4.69, 9.17) is 0 Å². The summed E-state index contributed by atoms with van der Waals surface area (Å²) in [5.74, 6) is 0.886. The minimum atomic E-state index is 0.799. The molecule has 0 atom stereocenters. The highest BCUT2D eigenvalue weighted by Crippen LogP contribution is 2.28. The highest BCUT2D eigenvalue weighted by atomic mass is 32.2. The lowest BCUT2D eigenvalue weighted by Gasteiger charge is -2.07. The van der Waals surface area contributed by atoms with Gasteiger partial charge in [0.1, 0.15) is 10.8 Å². The maximum Gasteiger partial charge on any atom is 0.190 e. The smallest absolute Gasteiger partial charge is 0.190 e. The zero-order valence-electron chi connectivity index (χ0n) is 11.3. The van der Waals surface area contributed by atoms with Gasteiger partial charge >= 0.3 is 0 Å². The van der Waals surface area contributed by atoms with E-state index in [-0.39, 0.29) is 0 Å². The first-order chi connectivity index (χ1) is 9.21. The third-order valence-electron chi connectivity index (χ3n) is 2.47. The average Bonchev–Trinajstić information content (AvgIpc) is 2.41. The Kier molecular flexibility index (Phi) is 5.10. The molecule has 2 rings (SSSR count). The molecule has 0 spiro atoms. The fourth-order valence-electron chi connectivity index (χ4n) is 1.55. The number of benzene rings is 1. The van der Waals surface area contributed by atoms with Crippen LogP contribution < -0.4 is 5.32 Å². The van der Waals surface area contributed by atoms with E-state index in [1.807, 2.05) is 12.3 Å². The van der Waals surface area contributed by atoms with E-state index < -0.39 is 0 Å². The molecule has 0 bridgehead atoms. The Morgan fingerprint density at radius 3 is 2.53 bits per heavy atom. The van der Waals surface area contributed by atoms with Gasteiger partial charge in [-0.05, 0) is 32.2 Å². The Morgan fingerprint density at radius 1 is 1.16 bits per heavy atom. The van der Waals surface area contributed by atoms with Crippen LogP contribution in [-0.2, 0) is 0 Å². The Bertz CT molecular complexity index is 541. The van der Waals surface area contributed by atoms with Gasteiger partial charge in [-0.2, -0.15) is 0 Å². The van der Waals surface area contributed by atoms with Crippen molar-refractivity contribution < 1.29 is 0 Å². The molecule has 1 N–H and O–H groups in total. The van der Waals surface area contributed by atoms with Gasteiger partial charge in [0.25, 0.3) is 0 Å². The van der Waals surface area contributed by atoms with E-state index in [1.54, 1.807) is 23.5 Å². The minimum absolute atomic E-state index is 0.799. The first-order valence-corrected chi connectivity index (χ1v) is 8.17. The van der Waals surface area contributed by atoms with E-state index in [0.29, 0.717) is 0 Å². The third kappa shape index (κ3) is 4.14. The summed E-state index contributed by atoms with van der Waals surface area (Å²) in [7, 11) is 0. The second kappa shape index (κ2) is 6.82. The molecule has 100 valence electrons. The van der Waals surface area contributed by atoms with Crippen molar-refractivity contribution in [3.8, 4) is 0 Å². The highest BCUT2D eigenvalue weighted by Gasteiger charge is 2.05. The van der Waals surface area contributed by atoms with Gasteiger partial charge in [0.05, 0.1) is 0 Å². The maximum absolute atomic E-state index is 4.53. The summed E-state index contributed by atoms with van der Waals surface area (Å²) in [6, 6.07) is 10.5. The summed E-state index contributed by atoms with van der Waals surface area (Å²) in [6.07, 6.45) is 1.99. The fraction of sp³-hybridized carbons (Fsp3) is 0.286. The lowest BCUT2D eigenvalue weighted by molar-refractivity contribution is 0.891. The number of nitrogens with one attached hydrogen (secondary N) is 1. The fourth-order valence-corrected chi connectivity index (χ4v) is 2.80. The quantitative estimate of drug-likeness (QED) is 0.510. The topological polar surface area (TPSA) is 37.8 Å². The van der Waals surface area contributed by atoms with Crippen LogP contribution in [0.2, 0.25) is 0 Å². The number of rotatable bonds is 5. The zero-order valence-corrected chi connectivity index (χ0v) is 12.9. The van der Waals surface area contributed by atoms with Crippen LogP contribution in [0.5, 0.6) is 0 Å². The summed E-state index contributed by atoms with van der Waals surface area (Å²) < 4.78 is 0. The number of hydrogen-bond acceptors (Lipinski definition) is 5. The molecule has 1 aromatic carbocycles. The zero-order chi connectivity index (χ0) is 13.7. The van der Waals surface area contributed by atoms with Gasteiger partial charge in [-0.3, -0.25) is 0 Å². The summed E-state index contributed by atoms with van der Waals surface area (Å²) >= 11 is 3.22. The number of aryl methyl sites for hydroxylation is 1. The number of aromatic nitrogens is 2. The molecule has 2 aromatic rings. The summed E-state index contributed by atoms with van der Waals surface area (Å²) in [5, 5.41) is 5.01. The minimum Gasteiger partial charge on any atom is -0.370 e. The Labute approximate surface area is 122 Å². The van der Waals surface area contributed by atoms with Gasteiger partial charge in [0.15, 0.2) is 5.16 Å². The van der Waals surface area contributed by atoms with Crippen LogP contribution in [0.1, 0.15) is 12.5 Å². The van der Waals surface area contributed by atoms with Gasteiger partial charge < -0.3 is 5.32 Å². The molecule has 19 heavy (non-hydrogen) atoms. The van der Waals surface area contributed by atoms with Gasteiger partial charge in [0.2, 0.25) is 0 Å². The SMILES string of the molecule is CCNc1cc(Sc2ccc(C)cc2)nc(SC)n1. The van der Waals surface area contributed by atoms with E-state index in [9.17, 15) is 0 Å². The third-order valence-corrected chi connectivity index (χ3v) is 3.94. The summed E-state index contributed by atoms with van der Waals surface area (Å²) in [6.45, 7) is 5.02.